The smallest absolute Gasteiger partial charge is 0.316 e. The van der Waals surface area contributed by atoms with Gasteiger partial charge in [0.25, 0.3) is 0 Å². The maximum Gasteiger partial charge on any atom is 0.316 e. The summed E-state index contributed by atoms with van der Waals surface area (Å²) in [7, 11) is 0. The van der Waals surface area contributed by atoms with Crippen molar-refractivity contribution in [2.75, 3.05) is 0 Å². The number of rotatable bonds is 2. The SMILES string of the molecule is C=C1C[C@]23C[C@@]1(O)CC[C@H]2[C@@]12C=C[C@H](O)[C@@](C)(C(=O)O1)[C@H]2[C@@H]3C(=O)O.C=C1C[C@]23C[C@@]1(O)CC[C@H]2[C@@]12CC[C@H](O)[C@@](C)(C(=O)O1)[C@H]2[C@@H]3C(=O)O. The van der Waals surface area contributed by atoms with E-state index in [1.807, 2.05) is 0 Å². The van der Waals surface area contributed by atoms with Crippen LogP contribution in [0.15, 0.2) is 36.5 Å². The fourth-order valence-corrected chi connectivity index (χ4v) is 14.8. The first-order valence-corrected chi connectivity index (χ1v) is 18.0. The van der Waals surface area contributed by atoms with E-state index in [1.54, 1.807) is 26.0 Å². The second-order valence-electron chi connectivity index (χ2n) is 18.2. The van der Waals surface area contributed by atoms with Gasteiger partial charge in [0.15, 0.2) is 0 Å². The molecule has 2 heterocycles. The molecule has 0 amide bonds. The van der Waals surface area contributed by atoms with E-state index in [4.69, 9.17) is 9.47 Å². The van der Waals surface area contributed by atoms with Crippen LogP contribution < -0.4 is 0 Å². The van der Waals surface area contributed by atoms with Crippen LogP contribution in [0, 0.1) is 57.2 Å². The van der Waals surface area contributed by atoms with Gasteiger partial charge in [-0.25, -0.2) is 0 Å². The van der Waals surface area contributed by atoms with Crippen LogP contribution in [0.1, 0.15) is 78.1 Å². The molecule has 50 heavy (non-hydrogen) atoms. The van der Waals surface area contributed by atoms with Crippen LogP contribution in [-0.4, -0.2) is 89.1 Å². The number of carbonyl (C=O) groups excluding carboxylic acids is 2. The Balaban J connectivity index is 0.000000135. The van der Waals surface area contributed by atoms with Crippen molar-refractivity contribution in [2.45, 2.75) is 113 Å². The van der Waals surface area contributed by atoms with Crippen LogP contribution in [0.5, 0.6) is 0 Å². The molecule has 7 saturated carbocycles. The Kier molecular flexibility index (Phi) is 5.98. The molecule has 10 aliphatic rings. The van der Waals surface area contributed by atoms with Gasteiger partial charge >= 0.3 is 23.9 Å². The van der Waals surface area contributed by atoms with Crippen LogP contribution in [-0.2, 0) is 28.7 Å². The van der Waals surface area contributed by atoms with Crippen molar-refractivity contribution < 1.29 is 59.3 Å². The van der Waals surface area contributed by atoms with Gasteiger partial charge in [-0.1, -0.05) is 19.2 Å². The van der Waals surface area contributed by atoms with Gasteiger partial charge in [0.1, 0.15) is 16.6 Å². The van der Waals surface area contributed by atoms with E-state index in [2.05, 4.69) is 13.2 Å². The van der Waals surface area contributed by atoms with Crippen molar-refractivity contribution in [1.29, 1.82) is 0 Å². The minimum atomic E-state index is -1.27. The van der Waals surface area contributed by atoms with Gasteiger partial charge in [0.2, 0.25) is 0 Å². The Morgan fingerprint density at radius 1 is 0.760 bits per heavy atom. The van der Waals surface area contributed by atoms with Gasteiger partial charge < -0.3 is 40.1 Å². The second-order valence-corrected chi connectivity index (χ2v) is 18.2. The van der Waals surface area contributed by atoms with Gasteiger partial charge in [-0.05, 0) is 106 Å². The molecule has 0 unspecified atom stereocenters. The first-order chi connectivity index (χ1) is 23.2. The molecule has 270 valence electrons. The molecule has 9 fully saturated rings. The van der Waals surface area contributed by atoms with Crippen LogP contribution in [0.2, 0.25) is 0 Å². The molecule has 16 atom stereocenters. The molecule has 6 N–H and O–H groups in total. The Bertz CT molecular complexity index is 1750. The molecule has 0 aromatic carbocycles. The molecule has 12 nitrogen and oxygen atoms in total. The van der Waals surface area contributed by atoms with Crippen molar-refractivity contribution in [3.63, 3.8) is 0 Å². The fourth-order valence-electron chi connectivity index (χ4n) is 14.8. The number of carbonyl (C=O) groups is 4. The Morgan fingerprint density at radius 2 is 1.28 bits per heavy atom. The third-order valence-electron chi connectivity index (χ3n) is 16.7. The highest BCUT2D eigenvalue weighted by Crippen LogP contribution is 2.79. The van der Waals surface area contributed by atoms with E-state index in [0.717, 1.165) is 0 Å². The van der Waals surface area contributed by atoms with Gasteiger partial charge in [-0.15, -0.1) is 0 Å². The summed E-state index contributed by atoms with van der Waals surface area (Å²) in [5.74, 6) is -6.04. The lowest BCUT2D eigenvalue weighted by atomic mass is 9.59. The van der Waals surface area contributed by atoms with Crippen LogP contribution in [0.3, 0.4) is 0 Å². The number of carboxylic acid groups (broad SMARTS) is 2. The zero-order valence-corrected chi connectivity index (χ0v) is 28.4. The van der Waals surface area contributed by atoms with Gasteiger partial charge in [-0.3, -0.25) is 19.2 Å². The summed E-state index contributed by atoms with van der Waals surface area (Å²) in [4.78, 5) is 50.2. The minimum absolute atomic E-state index is 0.0936. The summed E-state index contributed by atoms with van der Waals surface area (Å²) in [5.41, 5.74) is -6.22. The van der Waals surface area contributed by atoms with E-state index in [1.165, 1.54) is 0 Å². The lowest BCUT2D eigenvalue weighted by molar-refractivity contribution is -0.165. The number of carboxylic acids is 2. The lowest BCUT2D eigenvalue weighted by Crippen LogP contribution is -2.53. The predicted octanol–water partition coefficient (Wildman–Crippen LogP) is 2.28. The molecule has 10 rings (SSSR count). The molecule has 0 aromatic heterocycles. The molecule has 8 bridgehead atoms. The molecule has 2 spiro atoms. The van der Waals surface area contributed by atoms with Crippen molar-refractivity contribution in [3.8, 4) is 0 Å². The summed E-state index contributed by atoms with van der Waals surface area (Å²) >= 11 is 0. The summed E-state index contributed by atoms with van der Waals surface area (Å²) in [5, 5.41) is 63.3. The average Bonchev–Trinajstić information content (AvgIpc) is 3.66. The number of aliphatic hydroxyl groups is 4. The molecule has 0 aromatic rings. The molecule has 0 radical (unpaired) electrons. The molecule has 12 heteroatoms. The van der Waals surface area contributed by atoms with Gasteiger partial charge in [0.05, 0.1) is 40.7 Å². The summed E-state index contributed by atoms with van der Waals surface area (Å²) in [6.45, 7) is 11.4. The fraction of sp³-hybridized carbons (Fsp3) is 0.737. The summed E-state index contributed by atoms with van der Waals surface area (Å²) < 4.78 is 11.8. The molecule has 8 aliphatic carbocycles. The van der Waals surface area contributed by atoms with Crippen LogP contribution >= 0.6 is 0 Å². The Labute approximate surface area is 289 Å². The Hall–Kier alpha value is -3.06. The number of fused-ring (bicyclic) bond motifs is 2. The van der Waals surface area contributed by atoms with Crippen LogP contribution in [0.4, 0.5) is 0 Å². The summed E-state index contributed by atoms with van der Waals surface area (Å²) in [6, 6.07) is 0. The Morgan fingerprint density at radius 3 is 1.86 bits per heavy atom. The van der Waals surface area contributed by atoms with Crippen molar-refractivity contribution in [3.05, 3.63) is 36.5 Å². The standard InChI is InChI=1S/C19H24O6.C19H22O6/c2*1-9-7-17-8-18(9,24)5-3-10(17)19-6-4-11(20)16(2,15(23)25-19)13(19)12(17)14(21)22/h10-13,20,24H,1,3-8H2,2H3,(H,21,22);4,6,10-13,20,24H,1,3,5,7-8H2,2H3,(H,21,22)/t2*10-,11+,12-,13-,16-,17+,18+,19-/m11/s1. The first-order valence-electron chi connectivity index (χ1n) is 18.0. The molecular weight excluding hydrogens is 648 g/mol. The van der Waals surface area contributed by atoms with E-state index in [-0.39, 0.29) is 11.8 Å². The number of ether oxygens (including phenoxy) is 2. The van der Waals surface area contributed by atoms with Gasteiger partial charge in [-0.2, -0.15) is 0 Å². The molecule has 2 saturated heterocycles. The number of hydrogen-bond acceptors (Lipinski definition) is 10. The van der Waals surface area contributed by atoms with Crippen LogP contribution in [0.25, 0.3) is 0 Å². The quantitative estimate of drug-likeness (QED) is 0.182. The molecular formula is C38H46O12. The zero-order chi connectivity index (χ0) is 36.0. The van der Waals surface area contributed by atoms with Crippen molar-refractivity contribution in [1.82, 2.24) is 0 Å². The van der Waals surface area contributed by atoms with Crippen molar-refractivity contribution in [2.24, 2.45) is 57.2 Å². The highest BCUT2D eigenvalue weighted by Gasteiger charge is 2.85. The highest BCUT2D eigenvalue weighted by molar-refractivity contribution is 5.87. The largest absolute Gasteiger partial charge is 0.481 e. The lowest BCUT2D eigenvalue weighted by Gasteiger charge is -2.45. The van der Waals surface area contributed by atoms with Gasteiger partial charge in [0, 0.05) is 23.7 Å². The third kappa shape index (κ3) is 3.19. The average molecular weight is 695 g/mol. The minimum Gasteiger partial charge on any atom is -0.481 e. The van der Waals surface area contributed by atoms with E-state index >= 15 is 0 Å². The number of aliphatic hydroxyl groups excluding tert-OH is 2. The molecule has 2 aliphatic heterocycles. The number of hydrogen-bond donors (Lipinski definition) is 6. The predicted molar refractivity (Wildman–Crippen MR) is 170 cm³/mol. The normalized spacial score (nSPS) is 58.4. The van der Waals surface area contributed by atoms with E-state index in [0.29, 0.717) is 75.4 Å². The zero-order valence-electron chi connectivity index (χ0n) is 28.4. The maximum atomic E-state index is 12.7. The maximum absolute atomic E-state index is 12.7. The second kappa shape index (κ2) is 9.11. The number of esters is 2. The third-order valence-corrected chi connectivity index (χ3v) is 16.7. The van der Waals surface area contributed by atoms with Crippen molar-refractivity contribution >= 4 is 23.9 Å². The van der Waals surface area contributed by atoms with E-state index in [9.17, 15) is 49.8 Å². The summed E-state index contributed by atoms with van der Waals surface area (Å²) in [6.07, 6.45) is 6.19. The number of aliphatic carboxylic acids is 2. The first kappa shape index (κ1) is 32.8. The topological polar surface area (TPSA) is 208 Å². The highest BCUT2D eigenvalue weighted by atomic mass is 16.6. The van der Waals surface area contributed by atoms with E-state index < -0.39 is 104 Å². The monoisotopic (exact) mass is 694 g/mol.